The number of hydrogen-bond acceptors (Lipinski definition) is 5. The lowest BCUT2D eigenvalue weighted by Crippen LogP contribution is -2.52. The summed E-state index contributed by atoms with van der Waals surface area (Å²) >= 11 is 0. The number of benzene rings is 3. The number of carbonyl (C=O) groups is 1. The lowest BCUT2D eigenvalue weighted by Gasteiger charge is -2.38. The largest absolute Gasteiger partial charge is 0.455 e. The van der Waals surface area contributed by atoms with Crippen LogP contribution < -0.4 is 13.9 Å². The number of nitrogens with zero attached hydrogens (tertiary/aromatic N) is 3. The van der Waals surface area contributed by atoms with Gasteiger partial charge in [-0.05, 0) is 55.3 Å². The van der Waals surface area contributed by atoms with Gasteiger partial charge in [0.25, 0.3) is 0 Å². The molecule has 3 aromatic carbocycles. The molecule has 1 aliphatic rings. The first-order chi connectivity index (χ1) is 16.7. The van der Waals surface area contributed by atoms with Crippen LogP contribution in [-0.2, 0) is 14.8 Å². The van der Waals surface area contributed by atoms with Gasteiger partial charge in [-0.15, -0.1) is 0 Å². The molecule has 184 valence electrons. The molecule has 0 radical (unpaired) electrons. The number of para-hydroxylation sites is 3. The third kappa shape index (κ3) is 5.77. The molecule has 0 bridgehead atoms. The summed E-state index contributed by atoms with van der Waals surface area (Å²) in [7, 11) is -3.74. The van der Waals surface area contributed by atoms with E-state index >= 15 is 0 Å². The van der Waals surface area contributed by atoms with Crippen LogP contribution >= 0.6 is 0 Å². The molecule has 1 saturated heterocycles. The van der Waals surface area contributed by atoms with E-state index in [1.54, 1.807) is 41.3 Å². The SMILES string of the molecule is Cc1cccc(N2CCN(C(=O)CN(c3ccccc3Oc3ccccc3)S(C)(=O)=O)CC2)c1C. The summed E-state index contributed by atoms with van der Waals surface area (Å²) in [4.78, 5) is 17.2. The summed E-state index contributed by atoms with van der Waals surface area (Å²) in [5.41, 5.74) is 4.00. The molecule has 35 heavy (non-hydrogen) atoms. The predicted octanol–water partition coefficient (Wildman–Crippen LogP) is 4.21. The van der Waals surface area contributed by atoms with Crippen LogP contribution in [0.4, 0.5) is 11.4 Å². The third-order valence-corrected chi connectivity index (χ3v) is 7.46. The highest BCUT2D eigenvalue weighted by Gasteiger charge is 2.28. The molecule has 0 aliphatic carbocycles. The molecule has 7 nitrogen and oxygen atoms in total. The molecule has 0 atom stereocenters. The fourth-order valence-corrected chi connectivity index (χ4v) is 5.10. The Morgan fingerprint density at radius 2 is 1.54 bits per heavy atom. The van der Waals surface area contributed by atoms with E-state index in [9.17, 15) is 13.2 Å². The maximum absolute atomic E-state index is 13.2. The normalized spacial score (nSPS) is 14.0. The van der Waals surface area contributed by atoms with Crippen molar-refractivity contribution in [1.29, 1.82) is 0 Å². The molecule has 0 N–H and O–H groups in total. The predicted molar refractivity (Wildman–Crippen MR) is 140 cm³/mol. The number of ether oxygens (including phenoxy) is 1. The Bertz CT molecular complexity index is 1290. The van der Waals surface area contributed by atoms with E-state index in [1.165, 1.54) is 16.8 Å². The van der Waals surface area contributed by atoms with Gasteiger partial charge in [-0.1, -0.05) is 42.5 Å². The summed E-state index contributed by atoms with van der Waals surface area (Å²) in [5.74, 6) is 0.726. The number of aryl methyl sites for hydroxylation is 1. The number of anilines is 2. The van der Waals surface area contributed by atoms with Gasteiger partial charge >= 0.3 is 0 Å². The van der Waals surface area contributed by atoms with E-state index in [0.29, 0.717) is 43.4 Å². The number of amides is 1. The van der Waals surface area contributed by atoms with Crippen LogP contribution in [-0.4, -0.2) is 58.2 Å². The van der Waals surface area contributed by atoms with Crippen molar-refractivity contribution < 1.29 is 17.9 Å². The monoisotopic (exact) mass is 493 g/mol. The second-order valence-corrected chi connectivity index (χ2v) is 10.6. The smallest absolute Gasteiger partial charge is 0.243 e. The van der Waals surface area contributed by atoms with Gasteiger partial charge in [-0.3, -0.25) is 9.10 Å². The van der Waals surface area contributed by atoms with Gasteiger partial charge in [0, 0.05) is 31.9 Å². The van der Waals surface area contributed by atoms with Crippen LogP contribution in [0.1, 0.15) is 11.1 Å². The summed E-state index contributed by atoms with van der Waals surface area (Å²) in [5, 5.41) is 0. The molecular formula is C27H31N3O4S. The third-order valence-electron chi connectivity index (χ3n) is 6.33. The van der Waals surface area contributed by atoms with E-state index in [0.717, 1.165) is 10.6 Å². The molecule has 0 unspecified atom stereocenters. The average Bonchev–Trinajstić information content (AvgIpc) is 2.85. The minimum atomic E-state index is -3.74. The van der Waals surface area contributed by atoms with E-state index in [1.807, 2.05) is 24.3 Å². The number of rotatable bonds is 7. The number of piperazine rings is 1. The van der Waals surface area contributed by atoms with Crippen molar-refractivity contribution >= 4 is 27.3 Å². The van der Waals surface area contributed by atoms with Crippen molar-refractivity contribution in [2.24, 2.45) is 0 Å². The molecule has 1 aliphatic heterocycles. The van der Waals surface area contributed by atoms with Crippen LogP contribution in [0.15, 0.2) is 72.8 Å². The molecule has 0 saturated carbocycles. The Balaban J connectivity index is 1.49. The van der Waals surface area contributed by atoms with E-state index in [-0.39, 0.29) is 12.5 Å². The lowest BCUT2D eigenvalue weighted by atomic mass is 10.1. The summed E-state index contributed by atoms with van der Waals surface area (Å²) in [6.07, 6.45) is 1.11. The maximum atomic E-state index is 13.2. The first-order valence-electron chi connectivity index (χ1n) is 11.6. The van der Waals surface area contributed by atoms with E-state index < -0.39 is 10.0 Å². The minimum absolute atomic E-state index is 0.231. The van der Waals surface area contributed by atoms with Gasteiger partial charge in [-0.2, -0.15) is 0 Å². The second-order valence-electron chi connectivity index (χ2n) is 8.74. The highest BCUT2D eigenvalue weighted by Crippen LogP contribution is 2.33. The fourth-order valence-electron chi connectivity index (χ4n) is 4.24. The van der Waals surface area contributed by atoms with Gasteiger partial charge in [0.15, 0.2) is 5.75 Å². The highest BCUT2D eigenvalue weighted by atomic mass is 32.2. The number of sulfonamides is 1. The second kappa shape index (κ2) is 10.4. The Morgan fingerprint density at radius 3 is 2.23 bits per heavy atom. The molecule has 4 rings (SSSR count). The lowest BCUT2D eigenvalue weighted by molar-refractivity contribution is -0.129. The fraction of sp³-hybridized carbons (Fsp3) is 0.296. The zero-order valence-corrected chi connectivity index (χ0v) is 21.2. The van der Waals surface area contributed by atoms with Crippen LogP contribution in [0.25, 0.3) is 0 Å². The molecule has 3 aromatic rings. The quantitative estimate of drug-likeness (QED) is 0.493. The van der Waals surface area contributed by atoms with Gasteiger partial charge in [0.1, 0.15) is 12.3 Å². The Morgan fingerprint density at radius 1 is 0.886 bits per heavy atom. The number of hydrogen-bond donors (Lipinski definition) is 0. The van der Waals surface area contributed by atoms with Gasteiger partial charge in [0.05, 0.1) is 11.9 Å². The van der Waals surface area contributed by atoms with Crippen molar-refractivity contribution in [2.45, 2.75) is 13.8 Å². The van der Waals surface area contributed by atoms with Crippen molar-refractivity contribution in [1.82, 2.24) is 4.90 Å². The summed E-state index contributed by atoms with van der Waals surface area (Å²) in [6.45, 7) is 6.39. The van der Waals surface area contributed by atoms with Crippen molar-refractivity contribution in [3.63, 3.8) is 0 Å². The number of carbonyl (C=O) groups excluding carboxylic acids is 1. The van der Waals surface area contributed by atoms with Crippen LogP contribution in [0.3, 0.4) is 0 Å². The van der Waals surface area contributed by atoms with E-state index in [2.05, 4.69) is 30.9 Å². The topological polar surface area (TPSA) is 70.2 Å². The van der Waals surface area contributed by atoms with Crippen molar-refractivity contribution in [2.75, 3.05) is 48.2 Å². The Labute approximate surface area is 207 Å². The molecule has 1 heterocycles. The van der Waals surface area contributed by atoms with Crippen LogP contribution in [0, 0.1) is 13.8 Å². The first-order valence-corrected chi connectivity index (χ1v) is 13.5. The maximum Gasteiger partial charge on any atom is 0.243 e. The summed E-state index contributed by atoms with van der Waals surface area (Å²) in [6, 6.07) is 22.3. The summed E-state index contributed by atoms with van der Waals surface area (Å²) < 4.78 is 32.6. The molecular weight excluding hydrogens is 462 g/mol. The standard InChI is InChI=1S/C27H31N3O4S/c1-21-10-9-14-24(22(21)2)28-16-18-29(19-17-28)27(31)20-30(35(3,32)33)25-13-7-8-15-26(25)34-23-11-5-4-6-12-23/h4-15H,16-20H2,1-3H3. The van der Waals surface area contributed by atoms with Gasteiger partial charge < -0.3 is 14.5 Å². The molecule has 0 spiro atoms. The molecule has 1 amide bonds. The first kappa shape index (κ1) is 24.6. The molecule has 0 aromatic heterocycles. The molecule has 1 fully saturated rings. The minimum Gasteiger partial charge on any atom is -0.455 e. The zero-order valence-electron chi connectivity index (χ0n) is 20.3. The van der Waals surface area contributed by atoms with Crippen molar-refractivity contribution in [3.8, 4) is 11.5 Å². The Kier molecular flexibility index (Phi) is 7.31. The molecule has 8 heteroatoms. The van der Waals surface area contributed by atoms with Gasteiger partial charge in [0.2, 0.25) is 15.9 Å². The van der Waals surface area contributed by atoms with Crippen LogP contribution in [0.5, 0.6) is 11.5 Å². The highest BCUT2D eigenvalue weighted by molar-refractivity contribution is 7.92. The van der Waals surface area contributed by atoms with Crippen LogP contribution in [0.2, 0.25) is 0 Å². The zero-order chi connectivity index (χ0) is 25.0. The average molecular weight is 494 g/mol. The van der Waals surface area contributed by atoms with Gasteiger partial charge in [-0.25, -0.2) is 8.42 Å². The Hall–Kier alpha value is -3.52. The van der Waals surface area contributed by atoms with E-state index in [4.69, 9.17) is 4.74 Å². The van der Waals surface area contributed by atoms with Crippen molar-refractivity contribution in [3.05, 3.63) is 83.9 Å².